The highest BCUT2D eigenvalue weighted by Crippen LogP contribution is 2.40. The highest BCUT2D eigenvalue weighted by atomic mass is 16.3. The minimum absolute atomic E-state index is 0.0637. The molecule has 2 heterocycles. The number of nitrogens with zero attached hydrogens (tertiary/aromatic N) is 4. The zero-order valence-electron chi connectivity index (χ0n) is 15.6. The van der Waals surface area contributed by atoms with Gasteiger partial charge < -0.3 is 14.9 Å². The molecule has 1 saturated carbocycles. The van der Waals surface area contributed by atoms with Gasteiger partial charge in [-0.05, 0) is 36.1 Å². The van der Waals surface area contributed by atoms with Crippen molar-refractivity contribution in [1.82, 2.24) is 19.8 Å². The molecule has 1 fully saturated rings. The lowest BCUT2D eigenvalue weighted by Gasteiger charge is -2.44. The fourth-order valence-corrected chi connectivity index (χ4v) is 3.45. The van der Waals surface area contributed by atoms with E-state index < -0.39 is 5.60 Å². The van der Waals surface area contributed by atoms with Gasteiger partial charge in [0.2, 0.25) is 5.91 Å². The maximum absolute atomic E-state index is 12.6. The average Bonchev–Trinajstić information content (AvgIpc) is 2.65. The molecule has 0 saturated heterocycles. The Hall–Kier alpha value is -2.80. The zero-order valence-corrected chi connectivity index (χ0v) is 15.6. The predicted molar refractivity (Wildman–Crippen MR) is 99.1 cm³/mol. The van der Waals surface area contributed by atoms with Crippen LogP contribution in [-0.2, 0) is 22.7 Å². The van der Waals surface area contributed by atoms with Crippen molar-refractivity contribution in [2.45, 2.75) is 31.5 Å². The second-order valence-electron chi connectivity index (χ2n) is 7.21. The molecule has 2 aromatic heterocycles. The molecule has 7 heteroatoms. The topological polar surface area (TPSA) is 86.6 Å². The van der Waals surface area contributed by atoms with Crippen molar-refractivity contribution in [3.8, 4) is 0 Å². The van der Waals surface area contributed by atoms with E-state index in [-0.39, 0.29) is 30.6 Å². The molecule has 0 unspecified atom stereocenters. The summed E-state index contributed by atoms with van der Waals surface area (Å²) in [7, 11) is 3.38. The molecule has 142 valence electrons. The maximum Gasteiger partial charge on any atom is 0.254 e. The van der Waals surface area contributed by atoms with Crippen molar-refractivity contribution >= 4 is 11.8 Å². The minimum Gasteiger partial charge on any atom is -0.380 e. The van der Waals surface area contributed by atoms with Crippen LogP contribution in [0.15, 0.2) is 49.1 Å². The molecule has 0 radical (unpaired) electrons. The molecule has 0 spiro atoms. The van der Waals surface area contributed by atoms with Crippen LogP contribution in [0.4, 0.5) is 0 Å². The summed E-state index contributed by atoms with van der Waals surface area (Å²) in [6, 6.07) is 7.41. The lowest BCUT2D eigenvalue weighted by atomic mass is 9.69. The predicted octanol–water partition coefficient (Wildman–Crippen LogP) is 1.23. The van der Waals surface area contributed by atoms with Crippen LogP contribution >= 0.6 is 0 Å². The molecule has 2 amide bonds. The van der Waals surface area contributed by atoms with E-state index in [0.717, 1.165) is 11.1 Å². The van der Waals surface area contributed by atoms with Crippen molar-refractivity contribution in [3.05, 3.63) is 60.2 Å². The van der Waals surface area contributed by atoms with E-state index in [1.165, 1.54) is 4.90 Å². The zero-order chi connectivity index (χ0) is 19.4. The van der Waals surface area contributed by atoms with E-state index in [0.29, 0.717) is 13.1 Å². The summed E-state index contributed by atoms with van der Waals surface area (Å²) in [5.74, 6) is -0.760. The third kappa shape index (κ3) is 4.31. The van der Waals surface area contributed by atoms with E-state index in [1.807, 2.05) is 18.2 Å². The first kappa shape index (κ1) is 19.0. The van der Waals surface area contributed by atoms with Gasteiger partial charge in [0.05, 0.1) is 0 Å². The van der Waals surface area contributed by atoms with Crippen molar-refractivity contribution < 1.29 is 14.7 Å². The maximum atomic E-state index is 12.6. The Kier molecular flexibility index (Phi) is 5.51. The normalized spacial score (nSPS) is 21.2. The van der Waals surface area contributed by atoms with E-state index in [2.05, 4.69) is 9.97 Å². The third-order valence-electron chi connectivity index (χ3n) is 4.92. The molecular formula is C20H24N4O3. The summed E-state index contributed by atoms with van der Waals surface area (Å²) in [4.78, 5) is 36.3. The second-order valence-corrected chi connectivity index (χ2v) is 7.21. The SMILES string of the molecule is CN(Cc1cccnc1)C(=O)C1CC(O)(C(=O)N(C)Cc2cccnc2)C1. The Morgan fingerprint density at radius 1 is 1.04 bits per heavy atom. The molecule has 3 rings (SSSR count). The van der Waals surface area contributed by atoms with Gasteiger partial charge in [0.15, 0.2) is 0 Å². The first-order chi connectivity index (χ1) is 12.9. The Labute approximate surface area is 158 Å². The van der Waals surface area contributed by atoms with Gasteiger partial charge >= 0.3 is 0 Å². The van der Waals surface area contributed by atoms with Crippen molar-refractivity contribution in [1.29, 1.82) is 0 Å². The van der Waals surface area contributed by atoms with E-state index >= 15 is 0 Å². The Morgan fingerprint density at radius 2 is 1.56 bits per heavy atom. The number of pyridine rings is 2. The number of carbonyl (C=O) groups is 2. The first-order valence-electron chi connectivity index (χ1n) is 8.90. The molecular weight excluding hydrogens is 344 g/mol. The lowest BCUT2D eigenvalue weighted by molar-refractivity contribution is -0.172. The molecule has 2 aromatic rings. The molecule has 1 aliphatic carbocycles. The molecule has 0 aliphatic heterocycles. The van der Waals surface area contributed by atoms with Crippen LogP contribution in [0.5, 0.6) is 0 Å². The van der Waals surface area contributed by atoms with Gasteiger partial charge in [0.1, 0.15) is 5.60 Å². The number of hydrogen-bond donors (Lipinski definition) is 1. The summed E-state index contributed by atoms with van der Waals surface area (Å²) in [6.07, 6.45) is 7.07. The summed E-state index contributed by atoms with van der Waals surface area (Å²) in [6.45, 7) is 0.824. The molecule has 0 bridgehead atoms. The van der Waals surface area contributed by atoms with Crippen LogP contribution in [0, 0.1) is 5.92 Å². The van der Waals surface area contributed by atoms with E-state index in [1.54, 1.807) is 49.8 Å². The standard InChI is InChI=1S/C20H24N4O3/c1-23(13-15-5-3-7-21-11-15)18(25)17-9-20(27,10-17)19(26)24(2)14-16-6-4-8-22-12-16/h3-8,11-12,17,27H,9-10,13-14H2,1-2H3. The van der Waals surface area contributed by atoms with Crippen LogP contribution in [0.2, 0.25) is 0 Å². The van der Waals surface area contributed by atoms with Crippen LogP contribution in [0.1, 0.15) is 24.0 Å². The molecule has 7 nitrogen and oxygen atoms in total. The summed E-state index contributed by atoms with van der Waals surface area (Å²) < 4.78 is 0. The average molecular weight is 368 g/mol. The third-order valence-corrected chi connectivity index (χ3v) is 4.92. The fraction of sp³-hybridized carbons (Fsp3) is 0.400. The smallest absolute Gasteiger partial charge is 0.254 e. The second kappa shape index (κ2) is 7.84. The van der Waals surface area contributed by atoms with Gasteiger partial charge in [-0.15, -0.1) is 0 Å². The number of aliphatic hydroxyl groups is 1. The molecule has 0 atom stereocenters. The molecule has 1 N–H and O–H groups in total. The Balaban J connectivity index is 1.53. The molecule has 1 aliphatic rings. The van der Waals surface area contributed by atoms with Crippen molar-refractivity contribution in [3.63, 3.8) is 0 Å². The van der Waals surface area contributed by atoms with Gasteiger partial charge in [-0.2, -0.15) is 0 Å². The highest BCUT2D eigenvalue weighted by Gasteiger charge is 2.53. The Morgan fingerprint density at radius 3 is 2.04 bits per heavy atom. The van der Waals surface area contributed by atoms with Crippen LogP contribution < -0.4 is 0 Å². The highest BCUT2D eigenvalue weighted by molar-refractivity contribution is 5.90. The van der Waals surface area contributed by atoms with Crippen LogP contribution in [-0.4, -0.2) is 56.4 Å². The monoisotopic (exact) mass is 368 g/mol. The number of rotatable bonds is 6. The number of likely N-dealkylation sites (N-methyl/N-ethyl adjacent to an activating group) is 1. The van der Waals surface area contributed by atoms with Gasteiger partial charge in [0.25, 0.3) is 5.91 Å². The van der Waals surface area contributed by atoms with Gasteiger partial charge in [-0.25, -0.2) is 0 Å². The van der Waals surface area contributed by atoms with Crippen LogP contribution in [0.25, 0.3) is 0 Å². The number of amides is 2. The van der Waals surface area contributed by atoms with Crippen molar-refractivity contribution in [2.75, 3.05) is 14.1 Å². The Bertz CT molecular complexity index is 791. The van der Waals surface area contributed by atoms with E-state index in [4.69, 9.17) is 0 Å². The van der Waals surface area contributed by atoms with E-state index in [9.17, 15) is 14.7 Å². The summed E-state index contributed by atoms with van der Waals surface area (Å²) >= 11 is 0. The summed E-state index contributed by atoms with van der Waals surface area (Å²) in [5, 5.41) is 10.6. The lowest BCUT2D eigenvalue weighted by Crippen LogP contribution is -2.58. The van der Waals surface area contributed by atoms with Gasteiger partial charge in [-0.1, -0.05) is 12.1 Å². The first-order valence-corrected chi connectivity index (χ1v) is 8.90. The quantitative estimate of drug-likeness (QED) is 0.829. The van der Waals surface area contributed by atoms with Gasteiger partial charge in [0, 0.05) is 57.9 Å². The number of aromatic nitrogens is 2. The summed E-state index contributed by atoms with van der Waals surface area (Å²) in [5.41, 5.74) is 0.363. The minimum atomic E-state index is -1.47. The van der Waals surface area contributed by atoms with Crippen molar-refractivity contribution in [2.24, 2.45) is 5.92 Å². The number of carbonyl (C=O) groups excluding carboxylic acids is 2. The largest absolute Gasteiger partial charge is 0.380 e. The van der Waals surface area contributed by atoms with Crippen LogP contribution in [0.3, 0.4) is 0 Å². The molecule has 27 heavy (non-hydrogen) atoms. The van der Waals surface area contributed by atoms with Gasteiger partial charge in [-0.3, -0.25) is 19.6 Å². The fourth-order valence-electron chi connectivity index (χ4n) is 3.45. The number of hydrogen-bond acceptors (Lipinski definition) is 5. The molecule has 0 aromatic carbocycles.